The number of hydrogen-bond acceptors (Lipinski definition) is 6. The minimum absolute atomic E-state index is 0.206. The fraction of sp³-hybridized carbons (Fsp3) is 0.143. The van der Waals surface area contributed by atoms with Gasteiger partial charge in [-0.05, 0) is 12.1 Å². The van der Waals surface area contributed by atoms with Crippen LogP contribution in [0.4, 0.5) is 10.1 Å². The first-order chi connectivity index (χ1) is 7.04. The molecule has 0 aliphatic heterocycles. The van der Waals surface area contributed by atoms with Crippen LogP contribution in [-0.2, 0) is 4.94 Å². The molecule has 0 saturated carbocycles. The topological polar surface area (TPSA) is 90.9 Å². The lowest BCUT2D eigenvalue weighted by Crippen LogP contribution is -2.34. The molecular weight excluding hydrogens is 209 g/mol. The van der Waals surface area contributed by atoms with E-state index in [1.54, 1.807) is 0 Å². The van der Waals surface area contributed by atoms with Crippen molar-refractivity contribution >= 4 is 5.69 Å². The highest BCUT2D eigenvalue weighted by Gasteiger charge is 2.12. The molecule has 0 unspecified atom stereocenters. The van der Waals surface area contributed by atoms with Crippen molar-refractivity contribution in [3.63, 3.8) is 0 Å². The smallest absolute Gasteiger partial charge is 0.318 e. The maximum Gasteiger partial charge on any atom is 0.318 e. The summed E-state index contributed by atoms with van der Waals surface area (Å²) < 4.78 is 17.9. The van der Waals surface area contributed by atoms with Crippen molar-refractivity contribution in [1.82, 2.24) is 0 Å². The van der Waals surface area contributed by atoms with E-state index in [1.165, 1.54) is 19.2 Å². The number of nitrogens with two attached hydrogens (primary N) is 1. The largest absolute Gasteiger partial charge is 0.497 e. The molecule has 0 atom stereocenters. The molecule has 0 heterocycles. The van der Waals surface area contributed by atoms with E-state index in [2.05, 4.69) is 4.94 Å². The Bertz CT molecular complexity index is 373. The second-order valence-electron chi connectivity index (χ2n) is 2.45. The Kier molecular flexibility index (Phi) is 3.24. The summed E-state index contributed by atoms with van der Waals surface area (Å²) in [6, 6.07) is 3.56. The number of hydrazine groups is 1. The van der Waals surface area contributed by atoms with Gasteiger partial charge >= 0.3 is 5.09 Å². The van der Waals surface area contributed by atoms with Gasteiger partial charge in [-0.25, -0.2) is 10.2 Å². The summed E-state index contributed by atoms with van der Waals surface area (Å²) in [6.07, 6.45) is 0. The van der Waals surface area contributed by atoms with Gasteiger partial charge < -0.3 is 4.74 Å². The van der Waals surface area contributed by atoms with Gasteiger partial charge in [0.25, 0.3) is 0 Å². The van der Waals surface area contributed by atoms with Crippen LogP contribution in [0.15, 0.2) is 18.2 Å². The molecule has 1 rings (SSSR count). The zero-order valence-corrected chi connectivity index (χ0v) is 7.71. The van der Waals surface area contributed by atoms with Gasteiger partial charge in [-0.2, -0.15) is 4.94 Å². The van der Waals surface area contributed by atoms with Crippen LogP contribution >= 0.6 is 0 Å². The molecule has 1 aromatic carbocycles. The van der Waals surface area contributed by atoms with Crippen molar-refractivity contribution in [2.75, 3.05) is 12.3 Å². The molecule has 0 aliphatic rings. The van der Waals surface area contributed by atoms with Gasteiger partial charge in [-0.3, -0.25) is 0 Å². The number of ether oxygens (including phenoxy) is 1. The van der Waals surface area contributed by atoms with E-state index in [0.29, 0.717) is 5.75 Å². The average Bonchev–Trinajstić information content (AvgIpc) is 2.17. The zero-order chi connectivity index (χ0) is 11.4. The molecule has 0 spiro atoms. The first kappa shape index (κ1) is 11.0. The first-order valence-corrected chi connectivity index (χ1v) is 3.75. The summed E-state index contributed by atoms with van der Waals surface area (Å²) >= 11 is 0. The van der Waals surface area contributed by atoms with Crippen LogP contribution in [0.3, 0.4) is 0 Å². The predicted molar refractivity (Wildman–Crippen MR) is 47.7 cm³/mol. The number of hydrogen-bond donors (Lipinski definition) is 1. The van der Waals surface area contributed by atoms with Crippen LogP contribution in [0.1, 0.15) is 0 Å². The summed E-state index contributed by atoms with van der Waals surface area (Å²) in [5.74, 6) is 4.63. The Morgan fingerprint density at radius 3 is 2.80 bits per heavy atom. The first-order valence-electron chi connectivity index (χ1n) is 3.75. The fourth-order valence-corrected chi connectivity index (χ4v) is 0.904. The van der Waals surface area contributed by atoms with E-state index < -0.39 is 10.9 Å². The lowest BCUT2D eigenvalue weighted by atomic mass is 10.3. The molecule has 82 valence electrons. The number of nitrogens with zero attached hydrogens (tertiary/aromatic N) is 2. The molecule has 0 fully saturated rings. The Balaban J connectivity index is 2.95. The molecule has 2 N–H and O–H groups in total. The standard InChI is InChI=1S/C7H8FN3O4/c1-14-5-2-3-6(8)7(4-5)10(9)15-11(12)13/h2-4H,9H2,1H3. The number of benzene rings is 1. The van der Waals surface area contributed by atoms with Gasteiger partial charge in [0.15, 0.2) is 0 Å². The van der Waals surface area contributed by atoms with Crippen molar-refractivity contribution in [2.24, 2.45) is 5.84 Å². The monoisotopic (exact) mass is 217 g/mol. The number of methoxy groups -OCH3 is 1. The van der Waals surface area contributed by atoms with E-state index >= 15 is 0 Å². The van der Waals surface area contributed by atoms with Crippen LogP contribution in [0.25, 0.3) is 0 Å². The van der Waals surface area contributed by atoms with Crippen LogP contribution in [0, 0.1) is 15.9 Å². The van der Waals surface area contributed by atoms with E-state index in [0.717, 1.165) is 6.07 Å². The summed E-state index contributed by atoms with van der Waals surface area (Å²) in [7, 11) is 1.37. The van der Waals surface area contributed by atoms with E-state index in [1.807, 2.05) is 0 Å². The van der Waals surface area contributed by atoms with Crippen molar-refractivity contribution in [2.45, 2.75) is 0 Å². The third-order valence-corrected chi connectivity index (χ3v) is 1.55. The molecule has 15 heavy (non-hydrogen) atoms. The zero-order valence-electron chi connectivity index (χ0n) is 7.71. The quantitative estimate of drug-likeness (QED) is 0.452. The minimum atomic E-state index is -1.15. The van der Waals surface area contributed by atoms with Crippen molar-refractivity contribution < 1.29 is 19.2 Å². The maximum atomic E-state index is 13.1. The molecule has 8 heteroatoms. The highest BCUT2D eigenvalue weighted by molar-refractivity contribution is 5.48. The van der Waals surface area contributed by atoms with Crippen LogP contribution < -0.4 is 15.8 Å². The summed E-state index contributed by atoms with van der Waals surface area (Å²) in [5, 5.41) is 9.01. The van der Waals surface area contributed by atoms with Crippen LogP contribution in [0.2, 0.25) is 0 Å². The van der Waals surface area contributed by atoms with Crippen LogP contribution in [0.5, 0.6) is 5.75 Å². The number of rotatable bonds is 4. The van der Waals surface area contributed by atoms with Crippen molar-refractivity contribution in [3.8, 4) is 5.75 Å². The number of halogens is 1. The average molecular weight is 217 g/mol. The molecule has 0 aromatic heterocycles. The van der Waals surface area contributed by atoms with Crippen molar-refractivity contribution in [3.05, 3.63) is 34.1 Å². The third-order valence-electron chi connectivity index (χ3n) is 1.55. The van der Waals surface area contributed by atoms with Gasteiger partial charge in [0.1, 0.15) is 17.3 Å². The summed E-state index contributed by atoms with van der Waals surface area (Å²) in [5.41, 5.74) is -0.300. The SMILES string of the molecule is COc1ccc(F)c(N(N)O[N+](=O)[O-])c1. The normalized spacial score (nSPS) is 9.53. The summed E-state index contributed by atoms with van der Waals surface area (Å²) in [4.78, 5) is 13.8. The lowest BCUT2D eigenvalue weighted by molar-refractivity contribution is -0.762. The Morgan fingerprint density at radius 1 is 1.60 bits per heavy atom. The predicted octanol–water partition coefficient (Wildman–Crippen LogP) is 0.638. The van der Waals surface area contributed by atoms with Crippen molar-refractivity contribution in [1.29, 1.82) is 0 Å². The number of anilines is 1. The molecule has 1 aromatic rings. The van der Waals surface area contributed by atoms with Gasteiger partial charge in [-0.15, -0.1) is 15.3 Å². The second-order valence-corrected chi connectivity index (χ2v) is 2.45. The fourth-order valence-electron chi connectivity index (χ4n) is 0.904. The van der Waals surface area contributed by atoms with Crippen LogP contribution in [-0.4, -0.2) is 12.2 Å². The third kappa shape index (κ3) is 2.68. The molecule has 7 nitrogen and oxygen atoms in total. The molecule has 0 bridgehead atoms. The molecule has 0 radical (unpaired) electrons. The Morgan fingerprint density at radius 2 is 2.27 bits per heavy atom. The van der Waals surface area contributed by atoms with Gasteiger partial charge in [0.05, 0.1) is 7.11 Å². The molecular formula is C7H8FN3O4. The highest BCUT2D eigenvalue weighted by Crippen LogP contribution is 2.23. The lowest BCUT2D eigenvalue weighted by Gasteiger charge is -2.15. The maximum absolute atomic E-state index is 13.1. The molecule has 0 saturated heterocycles. The minimum Gasteiger partial charge on any atom is -0.497 e. The van der Waals surface area contributed by atoms with Gasteiger partial charge in [0.2, 0.25) is 0 Å². The van der Waals surface area contributed by atoms with E-state index in [4.69, 9.17) is 10.6 Å². The Hall–Kier alpha value is -2.09. The van der Waals surface area contributed by atoms with Gasteiger partial charge in [-0.1, -0.05) is 0 Å². The summed E-state index contributed by atoms with van der Waals surface area (Å²) in [6.45, 7) is 0. The molecule has 0 amide bonds. The molecule has 0 aliphatic carbocycles. The Labute approximate surface area is 83.8 Å². The highest BCUT2D eigenvalue weighted by atomic mass is 19.1. The van der Waals surface area contributed by atoms with Gasteiger partial charge in [0, 0.05) is 6.07 Å². The second kappa shape index (κ2) is 4.42. The van der Waals surface area contributed by atoms with E-state index in [9.17, 15) is 14.5 Å². The van der Waals surface area contributed by atoms with E-state index in [-0.39, 0.29) is 10.9 Å².